The number of hydrogen-bond donors (Lipinski definition) is 1. The standard InChI is InChI=1S/C19H26N2/c1-5-16-7-9-17(10-8-16)19(13-20)21(4)18-11-6-14(2)12-15(18)3/h6-12,19H,5,13,20H2,1-4H3. The minimum atomic E-state index is 0.206. The van der Waals surface area contributed by atoms with Gasteiger partial charge in [0.15, 0.2) is 0 Å². The minimum absolute atomic E-state index is 0.206. The molecule has 0 saturated carbocycles. The summed E-state index contributed by atoms with van der Waals surface area (Å²) in [6, 6.07) is 15.6. The van der Waals surface area contributed by atoms with E-state index in [0.29, 0.717) is 6.54 Å². The lowest BCUT2D eigenvalue weighted by Gasteiger charge is -2.31. The van der Waals surface area contributed by atoms with Gasteiger partial charge in [-0.3, -0.25) is 0 Å². The number of likely N-dealkylation sites (N-methyl/N-ethyl adjacent to an activating group) is 1. The first-order valence-corrected chi connectivity index (χ1v) is 7.65. The second-order valence-electron chi connectivity index (χ2n) is 5.75. The van der Waals surface area contributed by atoms with Crippen molar-refractivity contribution >= 4 is 5.69 Å². The van der Waals surface area contributed by atoms with Gasteiger partial charge < -0.3 is 10.6 Å². The fraction of sp³-hybridized carbons (Fsp3) is 0.368. The molecular weight excluding hydrogens is 256 g/mol. The maximum absolute atomic E-state index is 6.05. The first-order chi connectivity index (χ1) is 10.1. The monoisotopic (exact) mass is 282 g/mol. The maximum atomic E-state index is 6.05. The molecular formula is C19H26N2. The fourth-order valence-corrected chi connectivity index (χ4v) is 2.86. The van der Waals surface area contributed by atoms with Gasteiger partial charge in [0.25, 0.3) is 0 Å². The second kappa shape index (κ2) is 6.77. The van der Waals surface area contributed by atoms with Gasteiger partial charge in [0.1, 0.15) is 0 Å². The number of nitrogens with two attached hydrogens (primary N) is 1. The molecule has 0 amide bonds. The molecule has 0 bridgehead atoms. The molecule has 2 aromatic carbocycles. The summed E-state index contributed by atoms with van der Waals surface area (Å²) >= 11 is 0. The van der Waals surface area contributed by atoms with E-state index >= 15 is 0 Å². The van der Waals surface area contributed by atoms with Crippen LogP contribution in [0.25, 0.3) is 0 Å². The van der Waals surface area contributed by atoms with Crippen LogP contribution in [0.4, 0.5) is 5.69 Å². The first-order valence-electron chi connectivity index (χ1n) is 7.65. The summed E-state index contributed by atoms with van der Waals surface area (Å²) in [5.74, 6) is 0. The van der Waals surface area contributed by atoms with Crippen molar-refractivity contribution in [3.05, 3.63) is 64.7 Å². The van der Waals surface area contributed by atoms with E-state index in [-0.39, 0.29) is 6.04 Å². The SMILES string of the molecule is CCc1ccc(C(CN)N(C)c2ccc(C)cc2C)cc1. The molecule has 0 spiro atoms. The highest BCUT2D eigenvalue weighted by atomic mass is 15.1. The second-order valence-corrected chi connectivity index (χ2v) is 5.75. The van der Waals surface area contributed by atoms with Crippen LogP contribution in [0.3, 0.4) is 0 Å². The van der Waals surface area contributed by atoms with Crippen molar-refractivity contribution in [2.24, 2.45) is 5.73 Å². The normalized spacial score (nSPS) is 12.2. The Morgan fingerprint density at radius 1 is 1.05 bits per heavy atom. The van der Waals surface area contributed by atoms with E-state index in [1.54, 1.807) is 0 Å². The van der Waals surface area contributed by atoms with Gasteiger partial charge in [0, 0.05) is 19.3 Å². The van der Waals surface area contributed by atoms with Crippen molar-refractivity contribution in [2.45, 2.75) is 33.2 Å². The topological polar surface area (TPSA) is 29.3 Å². The van der Waals surface area contributed by atoms with Crippen LogP contribution in [0.1, 0.15) is 35.2 Å². The van der Waals surface area contributed by atoms with E-state index in [2.05, 4.69) is 75.2 Å². The van der Waals surface area contributed by atoms with Gasteiger partial charge in [-0.2, -0.15) is 0 Å². The van der Waals surface area contributed by atoms with E-state index in [1.165, 1.54) is 27.9 Å². The summed E-state index contributed by atoms with van der Waals surface area (Å²) in [5, 5.41) is 0. The van der Waals surface area contributed by atoms with Crippen LogP contribution in [0.15, 0.2) is 42.5 Å². The number of hydrogen-bond acceptors (Lipinski definition) is 2. The van der Waals surface area contributed by atoms with Crippen molar-refractivity contribution in [3.63, 3.8) is 0 Å². The van der Waals surface area contributed by atoms with E-state index < -0.39 is 0 Å². The predicted octanol–water partition coefficient (Wildman–Crippen LogP) is 4.00. The van der Waals surface area contributed by atoms with Crippen molar-refractivity contribution in [2.75, 3.05) is 18.5 Å². The van der Waals surface area contributed by atoms with Crippen molar-refractivity contribution in [1.29, 1.82) is 0 Å². The molecule has 112 valence electrons. The molecule has 0 aliphatic carbocycles. The number of rotatable bonds is 5. The Balaban J connectivity index is 2.30. The average Bonchev–Trinajstić information content (AvgIpc) is 2.48. The lowest BCUT2D eigenvalue weighted by molar-refractivity contribution is 0.679. The quantitative estimate of drug-likeness (QED) is 0.898. The highest BCUT2D eigenvalue weighted by Gasteiger charge is 2.17. The minimum Gasteiger partial charge on any atom is -0.366 e. The number of anilines is 1. The summed E-state index contributed by atoms with van der Waals surface area (Å²) < 4.78 is 0. The summed E-state index contributed by atoms with van der Waals surface area (Å²) in [6.07, 6.45) is 1.07. The molecule has 0 radical (unpaired) electrons. The summed E-state index contributed by atoms with van der Waals surface area (Å²) in [4.78, 5) is 2.29. The molecule has 2 aromatic rings. The zero-order valence-corrected chi connectivity index (χ0v) is 13.6. The van der Waals surface area contributed by atoms with Crippen LogP contribution < -0.4 is 10.6 Å². The summed E-state index contributed by atoms with van der Waals surface area (Å²) in [6.45, 7) is 7.07. The van der Waals surface area contributed by atoms with Crippen molar-refractivity contribution in [3.8, 4) is 0 Å². The van der Waals surface area contributed by atoms with Gasteiger partial charge in [-0.15, -0.1) is 0 Å². The molecule has 0 heterocycles. The smallest absolute Gasteiger partial charge is 0.0661 e. The Hall–Kier alpha value is -1.80. The van der Waals surface area contributed by atoms with E-state index in [4.69, 9.17) is 5.73 Å². The molecule has 0 fully saturated rings. The largest absolute Gasteiger partial charge is 0.366 e. The van der Waals surface area contributed by atoms with Gasteiger partial charge in [-0.05, 0) is 43.0 Å². The number of benzene rings is 2. The van der Waals surface area contributed by atoms with Crippen LogP contribution in [0, 0.1) is 13.8 Å². The highest BCUT2D eigenvalue weighted by molar-refractivity contribution is 5.55. The number of aryl methyl sites for hydroxylation is 3. The van der Waals surface area contributed by atoms with Crippen molar-refractivity contribution < 1.29 is 0 Å². The van der Waals surface area contributed by atoms with Crippen LogP contribution in [0.2, 0.25) is 0 Å². The molecule has 2 N–H and O–H groups in total. The molecule has 0 saturated heterocycles. The maximum Gasteiger partial charge on any atom is 0.0661 e. The molecule has 2 heteroatoms. The molecule has 1 atom stereocenters. The zero-order chi connectivity index (χ0) is 15.4. The zero-order valence-electron chi connectivity index (χ0n) is 13.6. The number of nitrogens with zero attached hydrogens (tertiary/aromatic N) is 1. The molecule has 2 rings (SSSR count). The first kappa shape index (κ1) is 15.6. The fourth-order valence-electron chi connectivity index (χ4n) is 2.86. The molecule has 1 unspecified atom stereocenters. The van der Waals surface area contributed by atoms with Crippen LogP contribution in [-0.4, -0.2) is 13.6 Å². The van der Waals surface area contributed by atoms with Gasteiger partial charge >= 0.3 is 0 Å². The Kier molecular flexibility index (Phi) is 5.03. The summed E-state index contributed by atoms with van der Waals surface area (Å²) in [5.41, 5.74) is 12.5. The predicted molar refractivity (Wildman–Crippen MR) is 91.9 cm³/mol. The van der Waals surface area contributed by atoms with Gasteiger partial charge in [0.05, 0.1) is 6.04 Å². The van der Waals surface area contributed by atoms with Crippen LogP contribution >= 0.6 is 0 Å². The molecule has 2 nitrogen and oxygen atoms in total. The molecule has 0 aromatic heterocycles. The Morgan fingerprint density at radius 2 is 1.71 bits per heavy atom. The lowest BCUT2D eigenvalue weighted by Crippen LogP contribution is -2.30. The van der Waals surface area contributed by atoms with Crippen LogP contribution in [0.5, 0.6) is 0 Å². The third-order valence-corrected chi connectivity index (χ3v) is 4.20. The van der Waals surface area contributed by atoms with Gasteiger partial charge in [-0.1, -0.05) is 48.9 Å². The average molecular weight is 282 g/mol. The third kappa shape index (κ3) is 3.45. The van der Waals surface area contributed by atoms with Gasteiger partial charge in [-0.25, -0.2) is 0 Å². The Labute approximate surface area is 128 Å². The molecule has 21 heavy (non-hydrogen) atoms. The Morgan fingerprint density at radius 3 is 2.24 bits per heavy atom. The van der Waals surface area contributed by atoms with Crippen molar-refractivity contribution in [1.82, 2.24) is 0 Å². The molecule has 0 aliphatic heterocycles. The van der Waals surface area contributed by atoms with E-state index in [0.717, 1.165) is 6.42 Å². The third-order valence-electron chi connectivity index (χ3n) is 4.20. The van der Waals surface area contributed by atoms with Gasteiger partial charge in [0.2, 0.25) is 0 Å². The highest BCUT2D eigenvalue weighted by Crippen LogP contribution is 2.28. The van der Waals surface area contributed by atoms with E-state index in [9.17, 15) is 0 Å². The molecule has 0 aliphatic rings. The summed E-state index contributed by atoms with van der Waals surface area (Å²) in [7, 11) is 2.13. The lowest BCUT2D eigenvalue weighted by atomic mass is 10.0. The Bertz CT molecular complexity index is 587. The van der Waals surface area contributed by atoms with E-state index in [1.807, 2.05) is 0 Å². The van der Waals surface area contributed by atoms with Crippen LogP contribution in [-0.2, 0) is 6.42 Å².